The van der Waals surface area contributed by atoms with Gasteiger partial charge in [0.05, 0.1) is 17.1 Å². The van der Waals surface area contributed by atoms with Crippen LogP contribution in [-0.2, 0) is 22.6 Å². The second-order valence-electron chi connectivity index (χ2n) is 7.23. The molecule has 8 heteroatoms. The Hall–Kier alpha value is -3.00. The SMILES string of the molecule is CCc1ccc(N(C(C)=O)c2nc(COC(=O)c3c(C)noc3C(C)C)cs2)cc1. The molecule has 7 nitrogen and oxygen atoms in total. The normalized spacial score (nSPS) is 11.0. The molecule has 3 rings (SSSR count). The van der Waals surface area contributed by atoms with Crippen LogP contribution in [0.2, 0.25) is 0 Å². The zero-order valence-corrected chi connectivity index (χ0v) is 18.6. The van der Waals surface area contributed by atoms with Gasteiger partial charge in [0.25, 0.3) is 0 Å². The highest BCUT2D eigenvalue weighted by molar-refractivity contribution is 7.14. The Labute approximate surface area is 179 Å². The van der Waals surface area contributed by atoms with E-state index < -0.39 is 5.97 Å². The van der Waals surface area contributed by atoms with Gasteiger partial charge < -0.3 is 9.26 Å². The molecule has 0 N–H and O–H groups in total. The predicted molar refractivity (Wildman–Crippen MR) is 115 cm³/mol. The first-order valence-corrected chi connectivity index (χ1v) is 10.7. The molecule has 0 radical (unpaired) electrons. The number of benzene rings is 1. The van der Waals surface area contributed by atoms with Crippen LogP contribution in [0.3, 0.4) is 0 Å². The molecule has 0 aliphatic heterocycles. The average Bonchev–Trinajstić information content (AvgIpc) is 3.33. The zero-order chi connectivity index (χ0) is 21.8. The van der Waals surface area contributed by atoms with Crippen molar-refractivity contribution < 1.29 is 18.8 Å². The number of thiazole rings is 1. The molecule has 0 unspecified atom stereocenters. The Morgan fingerprint density at radius 2 is 1.93 bits per heavy atom. The van der Waals surface area contributed by atoms with Gasteiger partial charge in [-0.3, -0.25) is 9.69 Å². The first-order chi connectivity index (χ1) is 14.3. The average molecular weight is 428 g/mol. The molecule has 0 aliphatic rings. The van der Waals surface area contributed by atoms with Crippen molar-refractivity contribution in [3.8, 4) is 0 Å². The monoisotopic (exact) mass is 427 g/mol. The van der Waals surface area contributed by atoms with E-state index in [4.69, 9.17) is 9.26 Å². The van der Waals surface area contributed by atoms with Crippen LogP contribution in [-0.4, -0.2) is 22.0 Å². The molecule has 30 heavy (non-hydrogen) atoms. The number of esters is 1. The van der Waals surface area contributed by atoms with Gasteiger partial charge in [0.2, 0.25) is 5.91 Å². The summed E-state index contributed by atoms with van der Waals surface area (Å²) in [5.74, 6) is -0.109. The topological polar surface area (TPSA) is 85.5 Å². The maximum Gasteiger partial charge on any atom is 0.344 e. The van der Waals surface area contributed by atoms with E-state index in [1.807, 2.05) is 38.1 Å². The van der Waals surface area contributed by atoms with E-state index in [0.29, 0.717) is 27.8 Å². The highest BCUT2D eigenvalue weighted by Crippen LogP contribution is 2.30. The number of nitrogens with zero attached hydrogens (tertiary/aromatic N) is 3. The van der Waals surface area contributed by atoms with Crippen LogP contribution >= 0.6 is 11.3 Å². The molecule has 0 atom stereocenters. The molecule has 158 valence electrons. The van der Waals surface area contributed by atoms with E-state index in [0.717, 1.165) is 12.1 Å². The van der Waals surface area contributed by atoms with Gasteiger partial charge in [-0.2, -0.15) is 0 Å². The Balaban J connectivity index is 1.74. The minimum absolute atomic E-state index is 0.00198. The lowest BCUT2D eigenvalue weighted by atomic mass is 10.1. The number of ether oxygens (including phenoxy) is 1. The summed E-state index contributed by atoms with van der Waals surface area (Å²) < 4.78 is 10.7. The molecule has 0 saturated carbocycles. The number of hydrogen-bond acceptors (Lipinski definition) is 7. The molecular formula is C22H25N3O4S. The van der Waals surface area contributed by atoms with Crippen LogP contribution in [0.4, 0.5) is 10.8 Å². The van der Waals surface area contributed by atoms with Crippen LogP contribution in [0, 0.1) is 6.92 Å². The molecule has 1 aromatic carbocycles. The van der Waals surface area contributed by atoms with Crippen molar-refractivity contribution >= 4 is 34.0 Å². The fourth-order valence-electron chi connectivity index (χ4n) is 3.01. The van der Waals surface area contributed by atoms with E-state index in [9.17, 15) is 9.59 Å². The van der Waals surface area contributed by atoms with E-state index >= 15 is 0 Å². The number of carbonyl (C=O) groups excluding carboxylic acids is 2. The Morgan fingerprint density at radius 3 is 2.53 bits per heavy atom. The number of aromatic nitrogens is 2. The molecule has 2 aromatic heterocycles. The van der Waals surface area contributed by atoms with Crippen molar-refractivity contribution in [2.75, 3.05) is 4.90 Å². The number of carbonyl (C=O) groups is 2. The molecule has 1 amide bonds. The minimum Gasteiger partial charge on any atom is -0.455 e. The molecule has 0 spiro atoms. The summed E-state index contributed by atoms with van der Waals surface area (Å²) in [5, 5.41) is 6.18. The second-order valence-corrected chi connectivity index (χ2v) is 8.07. The third-order valence-corrected chi connectivity index (χ3v) is 5.49. The number of anilines is 2. The third-order valence-electron chi connectivity index (χ3n) is 4.62. The predicted octanol–water partition coefficient (Wildman–Crippen LogP) is 5.17. The number of rotatable bonds is 7. The largest absolute Gasteiger partial charge is 0.455 e. The summed E-state index contributed by atoms with van der Waals surface area (Å²) in [6, 6.07) is 7.80. The van der Waals surface area contributed by atoms with Crippen LogP contribution in [0.15, 0.2) is 34.2 Å². The number of amides is 1. The van der Waals surface area contributed by atoms with E-state index in [2.05, 4.69) is 17.1 Å². The van der Waals surface area contributed by atoms with Crippen molar-refractivity contribution in [2.45, 2.75) is 53.6 Å². The van der Waals surface area contributed by atoms with E-state index in [1.165, 1.54) is 23.8 Å². The quantitative estimate of drug-likeness (QED) is 0.484. The standard InChI is InChI=1S/C22H25N3O4S/c1-6-16-7-9-18(10-8-16)25(15(5)26)22-23-17(12-30-22)11-28-21(27)19-14(4)24-29-20(19)13(2)3/h7-10,12-13H,6,11H2,1-5H3. The fourth-order valence-corrected chi connectivity index (χ4v) is 3.89. The first kappa shape index (κ1) is 21.7. The lowest BCUT2D eigenvalue weighted by molar-refractivity contribution is -0.115. The smallest absolute Gasteiger partial charge is 0.344 e. The summed E-state index contributed by atoms with van der Waals surface area (Å²) in [5.41, 5.74) is 3.38. The molecule has 0 bridgehead atoms. The van der Waals surface area contributed by atoms with Gasteiger partial charge in [0.15, 0.2) is 10.9 Å². The highest BCUT2D eigenvalue weighted by atomic mass is 32.1. The van der Waals surface area contributed by atoms with Gasteiger partial charge >= 0.3 is 5.97 Å². The van der Waals surface area contributed by atoms with Crippen LogP contribution in [0.1, 0.15) is 66.7 Å². The maximum atomic E-state index is 12.5. The van der Waals surface area contributed by atoms with Gasteiger partial charge in [0.1, 0.15) is 12.2 Å². The van der Waals surface area contributed by atoms with Gasteiger partial charge in [-0.15, -0.1) is 11.3 Å². The minimum atomic E-state index is -0.495. The number of aryl methyl sites for hydroxylation is 2. The van der Waals surface area contributed by atoms with Gasteiger partial charge in [-0.1, -0.05) is 38.1 Å². The van der Waals surface area contributed by atoms with Crippen molar-refractivity contribution in [3.63, 3.8) is 0 Å². The Morgan fingerprint density at radius 1 is 1.23 bits per heavy atom. The fraction of sp³-hybridized carbons (Fsp3) is 0.364. The van der Waals surface area contributed by atoms with E-state index in [1.54, 1.807) is 17.2 Å². The first-order valence-electron chi connectivity index (χ1n) is 9.79. The van der Waals surface area contributed by atoms with Gasteiger partial charge in [-0.05, 0) is 31.0 Å². The zero-order valence-electron chi connectivity index (χ0n) is 17.8. The van der Waals surface area contributed by atoms with E-state index in [-0.39, 0.29) is 18.4 Å². The highest BCUT2D eigenvalue weighted by Gasteiger charge is 2.24. The van der Waals surface area contributed by atoms with Crippen molar-refractivity contribution in [2.24, 2.45) is 0 Å². The Bertz CT molecular complexity index is 1040. The lowest BCUT2D eigenvalue weighted by Crippen LogP contribution is -2.22. The van der Waals surface area contributed by atoms with Gasteiger partial charge in [0, 0.05) is 18.2 Å². The lowest BCUT2D eigenvalue weighted by Gasteiger charge is -2.18. The van der Waals surface area contributed by atoms with Gasteiger partial charge in [-0.25, -0.2) is 9.78 Å². The summed E-state index contributed by atoms with van der Waals surface area (Å²) >= 11 is 1.32. The molecule has 3 aromatic rings. The van der Waals surface area contributed by atoms with Crippen molar-refractivity contribution in [1.82, 2.24) is 10.1 Å². The summed E-state index contributed by atoms with van der Waals surface area (Å²) in [7, 11) is 0. The molecular weight excluding hydrogens is 402 g/mol. The van der Waals surface area contributed by atoms with Crippen LogP contribution < -0.4 is 4.90 Å². The van der Waals surface area contributed by atoms with Crippen molar-refractivity contribution in [3.05, 3.63) is 57.9 Å². The molecule has 0 fully saturated rings. The summed E-state index contributed by atoms with van der Waals surface area (Å²) in [4.78, 5) is 30.8. The van der Waals surface area contributed by atoms with Crippen LogP contribution in [0.5, 0.6) is 0 Å². The Kier molecular flexibility index (Phi) is 6.66. The third kappa shape index (κ3) is 4.59. The van der Waals surface area contributed by atoms with Crippen molar-refractivity contribution in [1.29, 1.82) is 0 Å². The molecule has 0 saturated heterocycles. The molecule has 2 heterocycles. The second kappa shape index (κ2) is 9.21. The summed E-state index contributed by atoms with van der Waals surface area (Å²) in [6.45, 7) is 9.13. The number of hydrogen-bond donors (Lipinski definition) is 0. The molecule has 0 aliphatic carbocycles. The van der Waals surface area contributed by atoms with Crippen LogP contribution in [0.25, 0.3) is 0 Å². The summed E-state index contributed by atoms with van der Waals surface area (Å²) in [6.07, 6.45) is 0.928. The maximum absolute atomic E-state index is 12.5.